The van der Waals surface area contributed by atoms with Crippen LogP contribution in [0, 0.1) is 12.7 Å². The van der Waals surface area contributed by atoms with Crippen LogP contribution in [-0.2, 0) is 4.74 Å². The summed E-state index contributed by atoms with van der Waals surface area (Å²) in [6.45, 7) is 4.96. The highest BCUT2D eigenvalue weighted by Crippen LogP contribution is 2.16. The van der Waals surface area contributed by atoms with Gasteiger partial charge in [0, 0.05) is 6.61 Å². The van der Waals surface area contributed by atoms with E-state index in [4.69, 9.17) is 16.3 Å². The Labute approximate surface area is 101 Å². The smallest absolute Gasteiger partial charge is 0.142 e. The van der Waals surface area contributed by atoms with E-state index in [-0.39, 0.29) is 5.02 Å². The van der Waals surface area contributed by atoms with Crippen molar-refractivity contribution < 1.29 is 9.13 Å². The molecule has 87 valence electrons. The zero-order valence-electron chi connectivity index (χ0n) is 9.09. The molecular weight excluding hydrogens is 227 g/mol. The van der Waals surface area contributed by atoms with Crippen molar-refractivity contribution in [3.8, 4) is 0 Å². The lowest BCUT2D eigenvalue weighted by molar-refractivity contribution is 0.160. The highest BCUT2D eigenvalue weighted by Gasteiger charge is 1.97. The normalized spacial score (nSPS) is 11.2. The van der Waals surface area contributed by atoms with Crippen LogP contribution in [0.2, 0.25) is 5.02 Å². The molecule has 0 atom stereocenters. The summed E-state index contributed by atoms with van der Waals surface area (Å²) in [5.74, 6) is -0.401. The van der Waals surface area contributed by atoms with E-state index in [0.717, 1.165) is 18.4 Å². The van der Waals surface area contributed by atoms with Crippen LogP contribution < -0.4 is 0 Å². The molecule has 1 aromatic carbocycles. The Bertz CT molecular complexity index is 350. The fourth-order valence-corrected chi connectivity index (χ4v) is 1.27. The van der Waals surface area contributed by atoms with Gasteiger partial charge in [-0.15, -0.1) is 0 Å². The fraction of sp³-hybridized carbons (Fsp3) is 0.308. The molecule has 1 nitrogen and oxygen atoms in total. The molecule has 0 saturated carbocycles. The average Bonchev–Trinajstić information content (AvgIpc) is 2.28. The van der Waals surface area contributed by atoms with Gasteiger partial charge in [-0.1, -0.05) is 43.2 Å². The average molecular weight is 242 g/mol. The summed E-state index contributed by atoms with van der Waals surface area (Å²) < 4.78 is 18.4. The van der Waals surface area contributed by atoms with Crippen molar-refractivity contribution in [3.05, 3.63) is 47.6 Å². The van der Waals surface area contributed by atoms with Gasteiger partial charge in [-0.3, -0.25) is 0 Å². The van der Waals surface area contributed by atoms with Crippen LogP contribution in [0.25, 0.3) is 6.08 Å². The summed E-state index contributed by atoms with van der Waals surface area (Å²) in [6.07, 6.45) is 5.50. The van der Waals surface area contributed by atoms with Crippen molar-refractivity contribution >= 4 is 17.7 Å². The third-order valence-electron chi connectivity index (χ3n) is 2.01. The number of ether oxygens (including phenoxy) is 1. The number of hydrogen-bond acceptors (Lipinski definition) is 1. The van der Waals surface area contributed by atoms with Crippen LogP contribution >= 0.6 is 11.6 Å². The summed E-state index contributed by atoms with van der Waals surface area (Å²) in [4.78, 5) is 0. The van der Waals surface area contributed by atoms with Crippen LogP contribution in [-0.4, -0.2) is 13.2 Å². The summed E-state index contributed by atoms with van der Waals surface area (Å²) in [6, 6.07) is 4.70. The van der Waals surface area contributed by atoms with E-state index in [2.05, 4.69) is 6.92 Å². The maximum Gasteiger partial charge on any atom is 0.142 e. The molecule has 0 unspecified atom stereocenters. The minimum atomic E-state index is -0.401. The molecule has 0 heterocycles. The van der Waals surface area contributed by atoms with Crippen LogP contribution in [0.4, 0.5) is 4.39 Å². The first-order valence-electron chi connectivity index (χ1n) is 5.22. The highest BCUT2D eigenvalue weighted by molar-refractivity contribution is 6.30. The Kier molecular flexibility index (Phi) is 6.12. The molecule has 3 heteroatoms. The van der Waals surface area contributed by atoms with Gasteiger partial charge in [0.05, 0.1) is 11.6 Å². The second kappa shape index (κ2) is 7.42. The number of benzene rings is 1. The summed E-state index contributed by atoms with van der Waals surface area (Å²) in [5.41, 5.74) is 0.780. The third-order valence-corrected chi connectivity index (χ3v) is 2.31. The largest absolute Gasteiger partial charge is 0.377 e. The molecule has 0 aliphatic heterocycles. The van der Waals surface area contributed by atoms with Gasteiger partial charge >= 0.3 is 0 Å². The fourth-order valence-electron chi connectivity index (χ4n) is 1.16. The molecule has 0 fully saturated rings. The third kappa shape index (κ3) is 4.77. The number of hydrogen-bond donors (Lipinski definition) is 0. The minimum Gasteiger partial charge on any atom is -0.377 e. The molecule has 0 bridgehead atoms. The van der Waals surface area contributed by atoms with Gasteiger partial charge in [0.2, 0.25) is 0 Å². The van der Waals surface area contributed by atoms with Gasteiger partial charge in [0.15, 0.2) is 0 Å². The van der Waals surface area contributed by atoms with E-state index in [9.17, 15) is 4.39 Å². The maximum absolute atomic E-state index is 13.1. The topological polar surface area (TPSA) is 9.23 Å². The van der Waals surface area contributed by atoms with Gasteiger partial charge in [-0.2, -0.15) is 0 Å². The minimum absolute atomic E-state index is 0.142. The lowest BCUT2D eigenvalue weighted by Crippen LogP contribution is -1.93. The molecule has 0 N–H and O–H groups in total. The van der Waals surface area contributed by atoms with Crippen LogP contribution in [0.3, 0.4) is 0 Å². The second-order valence-corrected chi connectivity index (χ2v) is 3.77. The SMILES string of the molecule is [CH2]CCCOC/C=C/c1ccc(Cl)c(F)c1. The quantitative estimate of drug-likeness (QED) is 0.681. The Morgan fingerprint density at radius 2 is 2.25 bits per heavy atom. The van der Waals surface area contributed by atoms with E-state index < -0.39 is 5.82 Å². The molecule has 1 aromatic rings. The summed E-state index contributed by atoms with van der Waals surface area (Å²) >= 11 is 5.57. The molecule has 16 heavy (non-hydrogen) atoms. The van der Waals surface area contributed by atoms with Gasteiger partial charge in [-0.25, -0.2) is 4.39 Å². The van der Waals surface area contributed by atoms with Crippen molar-refractivity contribution in [1.29, 1.82) is 0 Å². The zero-order chi connectivity index (χ0) is 11.8. The maximum atomic E-state index is 13.1. The van der Waals surface area contributed by atoms with Gasteiger partial charge in [0.25, 0.3) is 0 Å². The van der Waals surface area contributed by atoms with Crippen LogP contribution in [0.15, 0.2) is 24.3 Å². The van der Waals surface area contributed by atoms with Crippen LogP contribution in [0.1, 0.15) is 18.4 Å². The first-order valence-corrected chi connectivity index (χ1v) is 5.60. The molecule has 1 rings (SSSR count). The van der Waals surface area contributed by atoms with Crippen molar-refractivity contribution in [2.75, 3.05) is 13.2 Å². The molecule has 0 amide bonds. The van der Waals surface area contributed by atoms with Crippen molar-refractivity contribution in [3.63, 3.8) is 0 Å². The lowest BCUT2D eigenvalue weighted by Gasteiger charge is -1.99. The second-order valence-electron chi connectivity index (χ2n) is 3.36. The Balaban J connectivity index is 2.35. The molecular formula is C13H15ClFO. The standard InChI is InChI=1S/C13H15ClFO/c1-2-3-8-16-9-4-5-11-6-7-12(14)13(15)10-11/h4-7,10H,1-3,8-9H2/b5-4+. The predicted octanol–water partition coefficient (Wildman–Crippen LogP) is 4.12. The number of rotatable bonds is 6. The molecule has 1 radical (unpaired) electrons. The number of unbranched alkanes of at least 4 members (excludes halogenated alkanes) is 1. The molecule has 0 spiro atoms. The van der Waals surface area contributed by atoms with Gasteiger partial charge in [-0.05, 0) is 24.1 Å². The van der Waals surface area contributed by atoms with Crippen molar-refractivity contribution in [2.24, 2.45) is 0 Å². The van der Waals surface area contributed by atoms with E-state index >= 15 is 0 Å². The monoisotopic (exact) mass is 241 g/mol. The molecule has 0 aliphatic rings. The van der Waals surface area contributed by atoms with E-state index in [1.807, 2.05) is 12.2 Å². The van der Waals surface area contributed by atoms with E-state index in [1.165, 1.54) is 6.07 Å². The Morgan fingerprint density at radius 3 is 2.94 bits per heavy atom. The predicted molar refractivity (Wildman–Crippen MR) is 65.9 cm³/mol. The highest BCUT2D eigenvalue weighted by atomic mass is 35.5. The van der Waals surface area contributed by atoms with Gasteiger partial charge < -0.3 is 4.74 Å². The first-order chi connectivity index (χ1) is 7.74. The van der Waals surface area contributed by atoms with Crippen molar-refractivity contribution in [2.45, 2.75) is 12.8 Å². The molecule has 0 saturated heterocycles. The molecule has 0 aliphatic carbocycles. The summed E-state index contributed by atoms with van der Waals surface area (Å²) in [5, 5.41) is 0.142. The van der Waals surface area contributed by atoms with E-state index in [1.54, 1.807) is 12.1 Å². The lowest BCUT2D eigenvalue weighted by atomic mass is 10.2. The number of halogens is 2. The Morgan fingerprint density at radius 1 is 1.44 bits per heavy atom. The van der Waals surface area contributed by atoms with Crippen molar-refractivity contribution in [1.82, 2.24) is 0 Å². The van der Waals surface area contributed by atoms with Gasteiger partial charge in [0.1, 0.15) is 5.82 Å². The molecule has 0 aromatic heterocycles. The first kappa shape index (κ1) is 13.2. The summed E-state index contributed by atoms with van der Waals surface area (Å²) in [7, 11) is 0. The van der Waals surface area contributed by atoms with E-state index in [0.29, 0.717) is 13.2 Å². The zero-order valence-corrected chi connectivity index (χ0v) is 9.84. The Hall–Kier alpha value is -0.860. The van der Waals surface area contributed by atoms with Crippen LogP contribution in [0.5, 0.6) is 0 Å².